The summed E-state index contributed by atoms with van der Waals surface area (Å²) in [5.41, 5.74) is 0. The van der Waals surface area contributed by atoms with E-state index in [2.05, 4.69) is 69.4 Å². The normalized spacial score (nSPS) is 12.3. The third-order valence-corrected chi connectivity index (χ3v) is 13.8. The number of carbonyl (C=O) groups excluding carboxylic acids is 3. The average Bonchev–Trinajstić information content (AvgIpc) is 3.37. The first-order chi connectivity index (χ1) is 35.0. The van der Waals surface area contributed by atoms with E-state index in [4.69, 9.17) is 14.2 Å². The average molecular weight is 996 g/mol. The monoisotopic (exact) mass is 995 g/mol. The molecule has 0 saturated heterocycles. The van der Waals surface area contributed by atoms with Crippen molar-refractivity contribution in [3.8, 4) is 0 Å². The number of allylic oxidation sites excluding steroid dienone is 8. The highest BCUT2D eigenvalue weighted by Crippen LogP contribution is 2.17. The van der Waals surface area contributed by atoms with Crippen molar-refractivity contribution in [2.45, 2.75) is 335 Å². The summed E-state index contributed by atoms with van der Waals surface area (Å²) in [5, 5.41) is 0. The lowest BCUT2D eigenvalue weighted by molar-refractivity contribution is -0.167. The van der Waals surface area contributed by atoms with Gasteiger partial charge >= 0.3 is 17.9 Å². The Balaban J connectivity index is 3.92. The molecule has 0 radical (unpaired) electrons. The van der Waals surface area contributed by atoms with E-state index < -0.39 is 6.10 Å². The standard InChI is InChI=1S/C65H118O6/c1-4-7-10-13-16-18-20-22-24-25-26-27-28-29-30-31-32-33-34-35-36-37-38-39-40-41-42-44-45-47-49-52-55-58-64(67)70-61-62(60-69-63(66)57-54-51-15-12-9-6-3)71-65(68)59-56-53-50-48-46-43-23-21-19-17-14-11-8-5-2/h14,17,20-23,25-26,62H,4-13,15-16,18-19,24,27-61H2,1-3H3/b17-14-,22-20-,23-21-,26-25-. The summed E-state index contributed by atoms with van der Waals surface area (Å²) in [6.45, 7) is 6.55. The predicted octanol–water partition coefficient (Wildman–Crippen LogP) is 21.0. The van der Waals surface area contributed by atoms with Crippen LogP contribution >= 0.6 is 0 Å². The molecule has 0 heterocycles. The molecule has 0 aliphatic carbocycles. The third kappa shape index (κ3) is 58.1. The van der Waals surface area contributed by atoms with Gasteiger partial charge in [-0.05, 0) is 77.0 Å². The molecule has 0 bridgehead atoms. The minimum absolute atomic E-state index is 0.0752. The van der Waals surface area contributed by atoms with E-state index in [0.29, 0.717) is 19.3 Å². The van der Waals surface area contributed by atoms with Crippen LogP contribution in [0.4, 0.5) is 0 Å². The zero-order valence-electron chi connectivity index (χ0n) is 47.5. The second-order valence-electron chi connectivity index (χ2n) is 21.0. The molecule has 71 heavy (non-hydrogen) atoms. The zero-order chi connectivity index (χ0) is 51.4. The van der Waals surface area contributed by atoms with Crippen LogP contribution in [0.25, 0.3) is 0 Å². The van der Waals surface area contributed by atoms with Crippen LogP contribution in [0.15, 0.2) is 48.6 Å². The molecule has 0 N–H and O–H groups in total. The second-order valence-corrected chi connectivity index (χ2v) is 21.0. The lowest BCUT2D eigenvalue weighted by Gasteiger charge is -2.18. The van der Waals surface area contributed by atoms with Crippen LogP contribution in [0.1, 0.15) is 329 Å². The van der Waals surface area contributed by atoms with Gasteiger partial charge in [-0.15, -0.1) is 0 Å². The summed E-state index contributed by atoms with van der Waals surface area (Å²) in [4.78, 5) is 37.9. The molecular weight excluding hydrogens is 877 g/mol. The molecule has 0 aromatic heterocycles. The Labute approximate surface area is 441 Å². The van der Waals surface area contributed by atoms with Gasteiger partial charge in [0, 0.05) is 19.3 Å². The lowest BCUT2D eigenvalue weighted by atomic mass is 10.0. The molecule has 1 atom stereocenters. The van der Waals surface area contributed by atoms with Gasteiger partial charge in [-0.1, -0.05) is 281 Å². The zero-order valence-corrected chi connectivity index (χ0v) is 47.5. The molecule has 0 amide bonds. The fourth-order valence-electron chi connectivity index (χ4n) is 9.08. The lowest BCUT2D eigenvalue weighted by Crippen LogP contribution is -2.30. The summed E-state index contributed by atoms with van der Waals surface area (Å²) in [6.07, 6.45) is 74.6. The molecule has 0 spiro atoms. The molecule has 0 rings (SSSR count). The number of esters is 3. The maximum atomic E-state index is 12.8. The van der Waals surface area contributed by atoms with Crippen LogP contribution in [0, 0.1) is 0 Å². The van der Waals surface area contributed by atoms with Crippen LogP contribution in [0.2, 0.25) is 0 Å². The van der Waals surface area contributed by atoms with Crippen molar-refractivity contribution in [3.05, 3.63) is 48.6 Å². The predicted molar refractivity (Wildman–Crippen MR) is 307 cm³/mol. The van der Waals surface area contributed by atoms with Gasteiger partial charge in [-0.3, -0.25) is 14.4 Å². The molecule has 414 valence electrons. The number of hydrogen-bond donors (Lipinski definition) is 0. The van der Waals surface area contributed by atoms with E-state index in [0.717, 1.165) is 89.9 Å². The number of unbranched alkanes of at least 4 members (excludes halogenated alkanes) is 38. The van der Waals surface area contributed by atoms with Crippen LogP contribution in [0.3, 0.4) is 0 Å². The maximum absolute atomic E-state index is 12.8. The topological polar surface area (TPSA) is 78.9 Å². The van der Waals surface area contributed by atoms with E-state index in [1.165, 1.54) is 199 Å². The van der Waals surface area contributed by atoms with Crippen molar-refractivity contribution >= 4 is 17.9 Å². The van der Waals surface area contributed by atoms with Crippen LogP contribution in [0.5, 0.6) is 0 Å². The molecule has 6 heteroatoms. The maximum Gasteiger partial charge on any atom is 0.306 e. The van der Waals surface area contributed by atoms with E-state index in [1.807, 2.05) is 0 Å². The molecule has 0 aromatic carbocycles. The first kappa shape index (κ1) is 68.4. The van der Waals surface area contributed by atoms with Gasteiger partial charge < -0.3 is 14.2 Å². The van der Waals surface area contributed by atoms with Crippen LogP contribution < -0.4 is 0 Å². The second kappa shape index (κ2) is 59.9. The van der Waals surface area contributed by atoms with Gasteiger partial charge in [-0.2, -0.15) is 0 Å². The molecule has 0 saturated carbocycles. The van der Waals surface area contributed by atoms with Gasteiger partial charge in [0.2, 0.25) is 0 Å². The van der Waals surface area contributed by atoms with Crippen molar-refractivity contribution in [3.63, 3.8) is 0 Å². The summed E-state index contributed by atoms with van der Waals surface area (Å²) >= 11 is 0. The number of hydrogen-bond acceptors (Lipinski definition) is 6. The van der Waals surface area contributed by atoms with E-state index >= 15 is 0 Å². The summed E-state index contributed by atoms with van der Waals surface area (Å²) in [7, 11) is 0. The van der Waals surface area contributed by atoms with Crippen LogP contribution in [-0.2, 0) is 28.6 Å². The van der Waals surface area contributed by atoms with Crippen molar-refractivity contribution in [1.82, 2.24) is 0 Å². The molecule has 1 unspecified atom stereocenters. The SMILES string of the molecule is CCCC/C=C\C/C=C\CCCCCCCC(=O)OC(COC(=O)CCCCCCCC)COC(=O)CCCCCCCCCCCCCCCCCCCCCCC/C=C\C/C=C\CCCCCCC. The van der Waals surface area contributed by atoms with Crippen molar-refractivity contribution in [2.75, 3.05) is 13.2 Å². The van der Waals surface area contributed by atoms with Crippen molar-refractivity contribution in [2.24, 2.45) is 0 Å². The largest absolute Gasteiger partial charge is 0.462 e. The molecule has 0 fully saturated rings. The highest BCUT2D eigenvalue weighted by Gasteiger charge is 2.19. The van der Waals surface area contributed by atoms with Gasteiger partial charge in [0.15, 0.2) is 6.10 Å². The van der Waals surface area contributed by atoms with E-state index in [-0.39, 0.29) is 31.1 Å². The minimum Gasteiger partial charge on any atom is -0.462 e. The Morgan fingerprint density at radius 2 is 0.521 bits per heavy atom. The first-order valence-corrected chi connectivity index (χ1v) is 31.1. The Bertz CT molecular complexity index is 1230. The highest BCUT2D eigenvalue weighted by molar-refractivity contribution is 5.71. The van der Waals surface area contributed by atoms with Gasteiger partial charge in [0.1, 0.15) is 13.2 Å². The summed E-state index contributed by atoms with van der Waals surface area (Å²) in [6, 6.07) is 0. The summed E-state index contributed by atoms with van der Waals surface area (Å²) < 4.78 is 16.7. The Morgan fingerprint density at radius 3 is 0.817 bits per heavy atom. The van der Waals surface area contributed by atoms with Crippen molar-refractivity contribution in [1.29, 1.82) is 0 Å². The first-order valence-electron chi connectivity index (χ1n) is 31.1. The number of rotatable bonds is 57. The van der Waals surface area contributed by atoms with E-state index in [9.17, 15) is 14.4 Å². The van der Waals surface area contributed by atoms with Crippen LogP contribution in [-0.4, -0.2) is 37.2 Å². The highest BCUT2D eigenvalue weighted by atomic mass is 16.6. The van der Waals surface area contributed by atoms with Crippen molar-refractivity contribution < 1.29 is 28.6 Å². The molecule has 0 aliphatic heterocycles. The number of carbonyl (C=O) groups is 3. The fraction of sp³-hybridized carbons (Fsp3) is 0.831. The summed E-state index contributed by atoms with van der Waals surface area (Å²) in [5.74, 6) is -0.886. The molecular formula is C65H118O6. The fourth-order valence-corrected chi connectivity index (χ4v) is 9.08. The Hall–Kier alpha value is -2.63. The Kier molecular flexibility index (Phi) is 57.7. The molecule has 6 nitrogen and oxygen atoms in total. The van der Waals surface area contributed by atoms with E-state index in [1.54, 1.807) is 0 Å². The quantitative estimate of drug-likeness (QED) is 0.0261. The minimum atomic E-state index is -0.774. The molecule has 0 aliphatic rings. The molecule has 0 aromatic rings. The third-order valence-electron chi connectivity index (χ3n) is 13.8. The Morgan fingerprint density at radius 1 is 0.282 bits per heavy atom. The van der Waals surface area contributed by atoms with Gasteiger partial charge in [0.05, 0.1) is 0 Å². The van der Waals surface area contributed by atoms with Gasteiger partial charge in [-0.25, -0.2) is 0 Å². The number of ether oxygens (including phenoxy) is 3. The smallest absolute Gasteiger partial charge is 0.306 e. The van der Waals surface area contributed by atoms with Gasteiger partial charge in [0.25, 0.3) is 0 Å².